The quantitative estimate of drug-likeness (QED) is 0.467. The number of nitrogens with zero attached hydrogens (tertiary/aromatic N) is 5. The van der Waals surface area contributed by atoms with E-state index in [1.54, 1.807) is 13.2 Å². The summed E-state index contributed by atoms with van der Waals surface area (Å²) in [5.41, 5.74) is 3.26. The first-order valence-corrected chi connectivity index (χ1v) is 10.5. The van der Waals surface area contributed by atoms with E-state index in [9.17, 15) is 10.1 Å². The van der Waals surface area contributed by atoms with Crippen molar-refractivity contribution in [1.82, 2.24) is 19.7 Å². The van der Waals surface area contributed by atoms with E-state index in [0.717, 1.165) is 16.9 Å². The van der Waals surface area contributed by atoms with Crippen molar-refractivity contribution in [1.29, 1.82) is 5.26 Å². The first kappa shape index (κ1) is 21.7. The number of aromatic nitrogens is 4. The molecule has 2 aromatic heterocycles. The van der Waals surface area contributed by atoms with Gasteiger partial charge < -0.3 is 10.1 Å². The Balaban J connectivity index is 1.79. The van der Waals surface area contributed by atoms with Gasteiger partial charge >= 0.3 is 0 Å². The third kappa shape index (κ3) is 4.72. The predicted octanol–water partition coefficient (Wildman–Crippen LogP) is 3.88. The molecule has 0 fully saturated rings. The average molecular weight is 438 g/mol. The van der Waals surface area contributed by atoms with Crippen LogP contribution in [0, 0.1) is 11.3 Å². The first-order valence-electron chi connectivity index (χ1n) is 10.5. The molecular weight excluding hydrogens is 416 g/mol. The molecule has 4 rings (SSSR count). The van der Waals surface area contributed by atoms with Gasteiger partial charge in [0.2, 0.25) is 0 Å². The lowest BCUT2D eigenvalue weighted by molar-refractivity contribution is 0.414. The highest BCUT2D eigenvalue weighted by Crippen LogP contribution is 2.30. The fourth-order valence-corrected chi connectivity index (χ4v) is 3.34. The summed E-state index contributed by atoms with van der Waals surface area (Å²) in [6.45, 7) is 2.72. The normalized spacial score (nSPS) is 10.5. The van der Waals surface area contributed by atoms with Gasteiger partial charge in [0.1, 0.15) is 28.9 Å². The molecule has 0 radical (unpaired) electrons. The van der Waals surface area contributed by atoms with Crippen molar-refractivity contribution in [3.05, 3.63) is 88.3 Å². The Labute approximate surface area is 191 Å². The Hall–Kier alpha value is -4.51. The van der Waals surface area contributed by atoms with E-state index in [4.69, 9.17) is 9.72 Å². The predicted molar refractivity (Wildman–Crippen MR) is 126 cm³/mol. The molecule has 8 heteroatoms. The fraction of sp³-hybridized carbons (Fsp3) is 0.160. The molecule has 0 atom stereocenters. The van der Waals surface area contributed by atoms with Crippen LogP contribution < -0.4 is 15.6 Å². The van der Waals surface area contributed by atoms with Crippen molar-refractivity contribution in [2.75, 3.05) is 12.4 Å². The second-order valence-electron chi connectivity index (χ2n) is 7.17. The third-order valence-corrected chi connectivity index (χ3v) is 5.08. The van der Waals surface area contributed by atoms with Gasteiger partial charge in [0.05, 0.1) is 7.11 Å². The molecule has 0 spiro atoms. The van der Waals surface area contributed by atoms with E-state index in [0.29, 0.717) is 36.0 Å². The zero-order chi connectivity index (χ0) is 23.2. The third-order valence-electron chi connectivity index (χ3n) is 5.08. The van der Waals surface area contributed by atoms with Gasteiger partial charge in [0, 0.05) is 24.7 Å². The molecule has 4 aromatic rings. The van der Waals surface area contributed by atoms with E-state index >= 15 is 0 Å². The molecule has 8 nitrogen and oxygen atoms in total. The molecule has 0 saturated heterocycles. The number of rotatable bonds is 7. The zero-order valence-electron chi connectivity index (χ0n) is 18.3. The van der Waals surface area contributed by atoms with E-state index in [1.807, 2.05) is 61.5 Å². The maximum atomic E-state index is 12.0. The number of nitrogens with one attached hydrogen (secondary N) is 1. The van der Waals surface area contributed by atoms with E-state index in [1.165, 1.54) is 10.7 Å². The molecule has 2 heterocycles. The van der Waals surface area contributed by atoms with Crippen molar-refractivity contribution >= 4 is 5.82 Å². The molecule has 0 unspecified atom stereocenters. The molecule has 0 saturated carbocycles. The number of anilines is 1. The van der Waals surface area contributed by atoms with Gasteiger partial charge in [-0.2, -0.15) is 10.4 Å². The second-order valence-corrected chi connectivity index (χ2v) is 7.17. The Morgan fingerprint density at radius 1 is 1.00 bits per heavy atom. The minimum absolute atomic E-state index is 0.147. The standard InChI is InChI=1S/C25H22N6O2/c1-3-31-22(32)14-13-20(30-31)24-23(18-7-5-4-6-8-18)29-25(21(15-26)28-24)27-16-17-9-11-19(33-2)12-10-17/h4-14H,3,16H2,1-2H3,(H,27,29). The minimum atomic E-state index is -0.200. The first-order chi connectivity index (χ1) is 16.1. The largest absolute Gasteiger partial charge is 0.497 e. The number of nitriles is 1. The zero-order valence-corrected chi connectivity index (χ0v) is 18.3. The molecule has 0 bridgehead atoms. The Kier molecular flexibility index (Phi) is 6.41. The van der Waals surface area contributed by atoms with Gasteiger partial charge in [-0.15, -0.1) is 0 Å². The van der Waals surface area contributed by atoms with Gasteiger partial charge in [0.15, 0.2) is 11.5 Å². The monoisotopic (exact) mass is 438 g/mol. The van der Waals surface area contributed by atoms with Gasteiger partial charge in [0.25, 0.3) is 5.56 Å². The van der Waals surface area contributed by atoms with Crippen LogP contribution in [0.15, 0.2) is 71.5 Å². The topological polar surface area (TPSA) is 106 Å². The SMILES string of the molecule is CCn1nc(-c2nc(C#N)c(NCc3ccc(OC)cc3)nc2-c2ccccc2)ccc1=O. The van der Waals surface area contributed by atoms with Crippen LogP contribution in [0.3, 0.4) is 0 Å². The van der Waals surface area contributed by atoms with Crippen molar-refractivity contribution in [2.24, 2.45) is 0 Å². The van der Waals surface area contributed by atoms with Crippen LogP contribution in [0.2, 0.25) is 0 Å². The van der Waals surface area contributed by atoms with Crippen LogP contribution in [0.25, 0.3) is 22.6 Å². The number of hydrogen-bond acceptors (Lipinski definition) is 7. The van der Waals surface area contributed by atoms with Crippen LogP contribution in [0.4, 0.5) is 5.82 Å². The highest BCUT2D eigenvalue weighted by molar-refractivity contribution is 5.78. The summed E-state index contributed by atoms with van der Waals surface area (Å²) in [6.07, 6.45) is 0. The highest BCUT2D eigenvalue weighted by atomic mass is 16.5. The van der Waals surface area contributed by atoms with Crippen LogP contribution in [0.1, 0.15) is 18.2 Å². The van der Waals surface area contributed by atoms with Gasteiger partial charge in [-0.1, -0.05) is 42.5 Å². The summed E-state index contributed by atoms with van der Waals surface area (Å²) >= 11 is 0. The number of benzene rings is 2. The van der Waals surface area contributed by atoms with Gasteiger partial charge in [-0.25, -0.2) is 14.6 Å². The van der Waals surface area contributed by atoms with Crippen molar-refractivity contribution in [3.8, 4) is 34.5 Å². The molecule has 1 N–H and O–H groups in total. The van der Waals surface area contributed by atoms with Crippen LogP contribution >= 0.6 is 0 Å². The summed E-state index contributed by atoms with van der Waals surface area (Å²) in [7, 11) is 1.62. The molecule has 0 aliphatic rings. The number of hydrogen-bond donors (Lipinski definition) is 1. The van der Waals surface area contributed by atoms with Crippen LogP contribution in [-0.4, -0.2) is 26.9 Å². The Morgan fingerprint density at radius 3 is 2.42 bits per heavy atom. The average Bonchev–Trinajstić information content (AvgIpc) is 2.88. The van der Waals surface area contributed by atoms with Crippen LogP contribution in [-0.2, 0) is 13.1 Å². The number of ether oxygens (including phenoxy) is 1. The lowest BCUT2D eigenvalue weighted by Crippen LogP contribution is -2.21. The van der Waals surface area contributed by atoms with E-state index < -0.39 is 0 Å². The fourth-order valence-electron chi connectivity index (χ4n) is 3.34. The summed E-state index contributed by atoms with van der Waals surface area (Å²) in [6, 6.07) is 22.4. The highest BCUT2D eigenvalue weighted by Gasteiger charge is 2.18. The van der Waals surface area contributed by atoms with E-state index in [2.05, 4.69) is 21.5 Å². The maximum absolute atomic E-state index is 12.0. The molecule has 2 aromatic carbocycles. The number of methoxy groups -OCH3 is 1. The van der Waals surface area contributed by atoms with E-state index in [-0.39, 0.29) is 11.3 Å². The maximum Gasteiger partial charge on any atom is 0.266 e. The summed E-state index contributed by atoms with van der Waals surface area (Å²) < 4.78 is 6.55. The van der Waals surface area contributed by atoms with Crippen molar-refractivity contribution in [2.45, 2.75) is 20.0 Å². The summed E-state index contributed by atoms with van der Waals surface area (Å²) in [4.78, 5) is 21.4. The minimum Gasteiger partial charge on any atom is -0.497 e. The number of aryl methyl sites for hydroxylation is 1. The van der Waals surface area contributed by atoms with Crippen molar-refractivity contribution in [3.63, 3.8) is 0 Å². The molecule has 0 amide bonds. The second kappa shape index (κ2) is 9.75. The summed E-state index contributed by atoms with van der Waals surface area (Å²) in [5, 5.41) is 17.4. The van der Waals surface area contributed by atoms with Crippen LogP contribution in [0.5, 0.6) is 5.75 Å². The summed E-state index contributed by atoms with van der Waals surface area (Å²) in [5.74, 6) is 1.15. The Bertz CT molecular complexity index is 1360. The lowest BCUT2D eigenvalue weighted by atomic mass is 10.1. The molecule has 0 aliphatic carbocycles. The molecular formula is C25H22N6O2. The molecule has 0 aliphatic heterocycles. The lowest BCUT2D eigenvalue weighted by Gasteiger charge is -2.14. The van der Waals surface area contributed by atoms with Crippen molar-refractivity contribution < 1.29 is 4.74 Å². The smallest absolute Gasteiger partial charge is 0.266 e. The molecule has 33 heavy (non-hydrogen) atoms. The molecule has 164 valence electrons. The van der Waals surface area contributed by atoms with Gasteiger partial charge in [-0.05, 0) is 30.7 Å². The van der Waals surface area contributed by atoms with Gasteiger partial charge in [-0.3, -0.25) is 4.79 Å². The Morgan fingerprint density at radius 2 is 1.76 bits per heavy atom.